The molecule has 0 heterocycles. The highest BCUT2D eigenvalue weighted by Gasteiger charge is 2.17. The maximum atomic E-state index is 11.5. The fraction of sp³-hybridized carbons (Fsp3) is 0.714. The number of allylic oxidation sites excluding steroid dienone is 1. The summed E-state index contributed by atoms with van der Waals surface area (Å²) in [6.45, 7) is 4.38. The van der Waals surface area contributed by atoms with Crippen LogP contribution in [0.1, 0.15) is 39.5 Å². The van der Waals surface area contributed by atoms with Crippen LogP contribution in [0.2, 0.25) is 0 Å². The molecule has 108 valence electrons. The fourth-order valence-electron chi connectivity index (χ4n) is 1.98. The van der Waals surface area contributed by atoms with Crippen LogP contribution >= 0.6 is 0 Å². The summed E-state index contributed by atoms with van der Waals surface area (Å²) in [4.78, 5) is 23.1. The molecule has 1 aliphatic carbocycles. The Bertz CT molecular complexity index is 351. The molecule has 0 bridgehead atoms. The Kier molecular flexibility index (Phi) is 6.56. The molecule has 0 saturated carbocycles. The van der Waals surface area contributed by atoms with E-state index in [1.165, 1.54) is 12.0 Å². The van der Waals surface area contributed by atoms with Crippen molar-refractivity contribution in [3.63, 3.8) is 0 Å². The maximum absolute atomic E-state index is 11.5. The Hall–Kier alpha value is -1.36. The van der Waals surface area contributed by atoms with E-state index in [0.29, 0.717) is 6.54 Å². The quantitative estimate of drug-likeness (QED) is 0.594. The summed E-state index contributed by atoms with van der Waals surface area (Å²) < 4.78 is 0. The van der Waals surface area contributed by atoms with Gasteiger partial charge in [-0.15, -0.1) is 0 Å². The Balaban J connectivity index is 2.12. The number of amides is 2. The summed E-state index contributed by atoms with van der Waals surface area (Å²) in [5.41, 5.74) is 7.10. The van der Waals surface area contributed by atoms with Crippen molar-refractivity contribution >= 4 is 11.8 Å². The van der Waals surface area contributed by atoms with Crippen molar-refractivity contribution in [2.24, 2.45) is 11.7 Å². The van der Waals surface area contributed by atoms with Crippen molar-refractivity contribution in [3.8, 4) is 0 Å². The van der Waals surface area contributed by atoms with E-state index in [-0.39, 0.29) is 24.3 Å². The molecule has 2 amide bonds. The second kappa shape index (κ2) is 7.94. The van der Waals surface area contributed by atoms with Gasteiger partial charge in [-0.3, -0.25) is 9.59 Å². The van der Waals surface area contributed by atoms with Crippen molar-refractivity contribution < 1.29 is 9.59 Å². The van der Waals surface area contributed by atoms with Gasteiger partial charge in [-0.25, -0.2) is 0 Å². The summed E-state index contributed by atoms with van der Waals surface area (Å²) in [5.74, 6) is -0.371. The molecule has 1 atom stereocenters. The van der Waals surface area contributed by atoms with Crippen LogP contribution in [-0.4, -0.2) is 30.9 Å². The minimum atomic E-state index is -0.559. The lowest BCUT2D eigenvalue weighted by Crippen LogP contribution is -2.47. The standard InChI is InChI=1S/C14H25N3O2/c1-10(2)13(15)14(19)17-9-12(18)16-8-7-11-5-3-4-6-11/h5,10,13H,3-4,6-9,15H2,1-2H3,(H,16,18)(H,17,19)/t13-/m0/s1. The monoisotopic (exact) mass is 267 g/mol. The van der Waals surface area contributed by atoms with Gasteiger partial charge >= 0.3 is 0 Å². The van der Waals surface area contributed by atoms with E-state index in [1.54, 1.807) is 0 Å². The average Bonchev–Trinajstić information content (AvgIpc) is 2.88. The molecule has 19 heavy (non-hydrogen) atoms. The lowest BCUT2D eigenvalue weighted by atomic mass is 10.1. The Morgan fingerprint density at radius 3 is 2.68 bits per heavy atom. The van der Waals surface area contributed by atoms with E-state index in [2.05, 4.69) is 16.7 Å². The molecule has 0 aromatic rings. The Labute approximate surface area is 115 Å². The SMILES string of the molecule is CC(C)[C@H](N)C(=O)NCC(=O)NCCC1=CCCC1. The van der Waals surface area contributed by atoms with Gasteiger partial charge in [0.2, 0.25) is 11.8 Å². The van der Waals surface area contributed by atoms with Crippen molar-refractivity contribution in [2.75, 3.05) is 13.1 Å². The molecular weight excluding hydrogens is 242 g/mol. The molecule has 1 rings (SSSR count). The maximum Gasteiger partial charge on any atom is 0.239 e. The largest absolute Gasteiger partial charge is 0.354 e. The number of carbonyl (C=O) groups is 2. The van der Waals surface area contributed by atoms with Gasteiger partial charge in [-0.05, 0) is 31.6 Å². The van der Waals surface area contributed by atoms with Crippen LogP contribution in [0.4, 0.5) is 0 Å². The second-order valence-electron chi connectivity index (χ2n) is 5.34. The fourth-order valence-corrected chi connectivity index (χ4v) is 1.98. The van der Waals surface area contributed by atoms with E-state index in [9.17, 15) is 9.59 Å². The van der Waals surface area contributed by atoms with Crippen LogP contribution < -0.4 is 16.4 Å². The first-order chi connectivity index (χ1) is 9.00. The minimum absolute atomic E-state index is 0.00169. The van der Waals surface area contributed by atoms with Crippen LogP contribution in [0, 0.1) is 5.92 Å². The summed E-state index contributed by atoms with van der Waals surface area (Å²) in [6.07, 6.45) is 6.69. The van der Waals surface area contributed by atoms with E-state index in [4.69, 9.17) is 5.73 Å². The highest BCUT2D eigenvalue weighted by atomic mass is 16.2. The van der Waals surface area contributed by atoms with E-state index in [0.717, 1.165) is 19.3 Å². The molecule has 0 fully saturated rings. The van der Waals surface area contributed by atoms with Gasteiger partial charge in [0.1, 0.15) is 0 Å². The molecule has 1 aliphatic rings. The number of nitrogens with two attached hydrogens (primary N) is 1. The van der Waals surface area contributed by atoms with Gasteiger partial charge in [-0.1, -0.05) is 25.5 Å². The van der Waals surface area contributed by atoms with Crippen LogP contribution in [0.15, 0.2) is 11.6 Å². The second-order valence-corrected chi connectivity index (χ2v) is 5.34. The minimum Gasteiger partial charge on any atom is -0.354 e. The van der Waals surface area contributed by atoms with Crippen LogP contribution in [0.5, 0.6) is 0 Å². The molecule has 0 aliphatic heterocycles. The van der Waals surface area contributed by atoms with E-state index in [1.807, 2.05) is 13.8 Å². The zero-order valence-corrected chi connectivity index (χ0v) is 11.9. The molecule has 4 N–H and O–H groups in total. The van der Waals surface area contributed by atoms with Crippen molar-refractivity contribution in [3.05, 3.63) is 11.6 Å². The lowest BCUT2D eigenvalue weighted by Gasteiger charge is -2.15. The van der Waals surface area contributed by atoms with Crippen LogP contribution in [0.25, 0.3) is 0 Å². The van der Waals surface area contributed by atoms with Gasteiger partial charge < -0.3 is 16.4 Å². The van der Waals surface area contributed by atoms with E-state index >= 15 is 0 Å². The number of hydrogen-bond acceptors (Lipinski definition) is 3. The average molecular weight is 267 g/mol. The topological polar surface area (TPSA) is 84.2 Å². The van der Waals surface area contributed by atoms with Gasteiger partial charge in [0, 0.05) is 6.54 Å². The molecular formula is C14H25N3O2. The van der Waals surface area contributed by atoms with Gasteiger partial charge in [0.05, 0.1) is 12.6 Å². The predicted molar refractivity (Wildman–Crippen MR) is 75.4 cm³/mol. The zero-order valence-electron chi connectivity index (χ0n) is 11.9. The molecule has 0 aromatic heterocycles. The first-order valence-electron chi connectivity index (χ1n) is 6.98. The molecule has 0 unspecified atom stereocenters. The predicted octanol–water partition coefficient (Wildman–Crippen LogP) is 0.702. The summed E-state index contributed by atoms with van der Waals surface area (Å²) in [6, 6.07) is -0.559. The molecule has 0 spiro atoms. The number of rotatable bonds is 7. The third-order valence-electron chi connectivity index (χ3n) is 3.35. The first kappa shape index (κ1) is 15.7. The summed E-state index contributed by atoms with van der Waals surface area (Å²) >= 11 is 0. The highest BCUT2D eigenvalue weighted by Crippen LogP contribution is 2.19. The number of nitrogens with one attached hydrogen (secondary N) is 2. The van der Waals surface area contributed by atoms with Crippen LogP contribution in [-0.2, 0) is 9.59 Å². The Morgan fingerprint density at radius 2 is 2.11 bits per heavy atom. The molecule has 0 saturated heterocycles. The number of hydrogen-bond donors (Lipinski definition) is 3. The van der Waals surface area contributed by atoms with Crippen molar-refractivity contribution in [1.29, 1.82) is 0 Å². The highest BCUT2D eigenvalue weighted by molar-refractivity contribution is 5.87. The molecule has 5 nitrogen and oxygen atoms in total. The smallest absolute Gasteiger partial charge is 0.239 e. The van der Waals surface area contributed by atoms with Gasteiger partial charge in [-0.2, -0.15) is 0 Å². The summed E-state index contributed by atoms with van der Waals surface area (Å²) in [5, 5.41) is 5.35. The van der Waals surface area contributed by atoms with Crippen molar-refractivity contribution in [1.82, 2.24) is 10.6 Å². The lowest BCUT2D eigenvalue weighted by molar-refractivity contribution is -0.127. The van der Waals surface area contributed by atoms with Gasteiger partial charge in [0.15, 0.2) is 0 Å². The van der Waals surface area contributed by atoms with Crippen molar-refractivity contribution in [2.45, 2.75) is 45.6 Å². The molecule has 0 radical (unpaired) electrons. The molecule has 5 heteroatoms. The number of carbonyl (C=O) groups excluding carboxylic acids is 2. The first-order valence-corrected chi connectivity index (χ1v) is 6.98. The third-order valence-corrected chi connectivity index (χ3v) is 3.35. The van der Waals surface area contributed by atoms with Gasteiger partial charge in [0.25, 0.3) is 0 Å². The zero-order chi connectivity index (χ0) is 14.3. The molecule has 0 aromatic carbocycles. The Morgan fingerprint density at radius 1 is 1.37 bits per heavy atom. The van der Waals surface area contributed by atoms with Crippen LogP contribution in [0.3, 0.4) is 0 Å². The summed E-state index contributed by atoms with van der Waals surface area (Å²) in [7, 11) is 0. The third kappa shape index (κ3) is 5.87. The van der Waals surface area contributed by atoms with E-state index < -0.39 is 6.04 Å². The normalized spacial score (nSPS) is 16.1.